The summed E-state index contributed by atoms with van der Waals surface area (Å²) in [6.07, 6.45) is -0.271. The van der Waals surface area contributed by atoms with Gasteiger partial charge in [0.1, 0.15) is 18.1 Å². The number of aliphatic hydroxyl groups excluding tert-OH is 1. The van der Waals surface area contributed by atoms with E-state index in [0.29, 0.717) is 12.0 Å². The summed E-state index contributed by atoms with van der Waals surface area (Å²) in [6, 6.07) is 3.40. The van der Waals surface area contributed by atoms with Crippen LogP contribution in [-0.4, -0.2) is 75.8 Å². The van der Waals surface area contributed by atoms with Gasteiger partial charge in [-0.1, -0.05) is 50.6 Å². The lowest BCUT2D eigenvalue weighted by Crippen LogP contribution is -2.58. The topological polar surface area (TPSA) is 208 Å². The highest BCUT2D eigenvalue weighted by molar-refractivity contribution is 5.94. The van der Waals surface area contributed by atoms with E-state index in [1.165, 1.54) is 0 Å². The van der Waals surface area contributed by atoms with E-state index < -0.39 is 66.9 Å². The number of carbonyl (C=O) groups excluding carboxylic acids is 3. The van der Waals surface area contributed by atoms with Gasteiger partial charge in [0.25, 0.3) is 0 Å². The summed E-state index contributed by atoms with van der Waals surface area (Å²) < 4.78 is 0. The number of carboxylic acid groups (broad SMARTS) is 2. The van der Waals surface area contributed by atoms with Crippen LogP contribution < -0.4 is 21.7 Å². The van der Waals surface area contributed by atoms with Crippen molar-refractivity contribution >= 4 is 29.7 Å². The first kappa shape index (κ1) is 29.5. The van der Waals surface area contributed by atoms with Crippen LogP contribution in [0.4, 0.5) is 0 Å². The Hall–Kier alpha value is -3.51. The summed E-state index contributed by atoms with van der Waals surface area (Å²) in [5.74, 6) is -5.27. The van der Waals surface area contributed by atoms with Gasteiger partial charge < -0.3 is 37.0 Å². The van der Waals surface area contributed by atoms with E-state index in [4.69, 9.17) is 10.8 Å². The second-order valence-corrected chi connectivity index (χ2v) is 8.24. The first-order valence-electron chi connectivity index (χ1n) is 11.3. The van der Waals surface area contributed by atoms with Crippen LogP contribution in [0.15, 0.2) is 30.3 Å². The van der Waals surface area contributed by atoms with Crippen LogP contribution in [0.25, 0.3) is 0 Å². The Morgan fingerprint density at radius 1 is 0.886 bits per heavy atom. The van der Waals surface area contributed by atoms with E-state index >= 15 is 0 Å². The molecule has 3 amide bonds. The maximum absolute atomic E-state index is 12.8. The van der Waals surface area contributed by atoms with Crippen molar-refractivity contribution in [3.8, 4) is 0 Å². The van der Waals surface area contributed by atoms with E-state index in [2.05, 4.69) is 16.0 Å². The van der Waals surface area contributed by atoms with Crippen molar-refractivity contribution in [2.75, 3.05) is 6.61 Å². The number of aliphatic carboxylic acids is 2. The molecule has 0 heterocycles. The van der Waals surface area contributed by atoms with Gasteiger partial charge in [0, 0.05) is 12.8 Å². The number of carboxylic acids is 2. The van der Waals surface area contributed by atoms with E-state index in [9.17, 15) is 34.2 Å². The smallest absolute Gasteiger partial charge is 0.326 e. The van der Waals surface area contributed by atoms with E-state index in [1.807, 2.05) is 6.92 Å². The molecule has 5 unspecified atom stereocenters. The number of rotatable bonds is 15. The Labute approximate surface area is 203 Å². The average molecular weight is 495 g/mol. The molecule has 0 spiro atoms. The van der Waals surface area contributed by atoms with Crippen LogP contribution in [0.5, 0.6) is 0 Å². The fraction of sp³-hybridized carbons (Fsp3) is 0.522. The molecular weight excluding hydrogens is 460 g/mol. The zero-order chi connectivity index (χ0) is 26.5. The van der Waals surface area contributed by atoms with Gasteiger partial charge in [0.15, 0.2) is 0 Å². The van der Waals surface area contributed by atoms with Gasteiger partial charge in [-0.2, -0.15) is 0 Å². The predicted molar refractivity (Wildman–Crippen MR) is 125 cm³/mol. The monoisotopic (exact) mass is 494 g/mol. The number of nitrogens with one attached hydrogen (secondary N) is 3. The number of carbonyl (C=O) groups is 5. The lowest BCUT2D eigenvalue weighted by Gasteiger charge is -2.25. The van der Waals surface area contributed by atoms with Crippen LogP contribution in [0.3, 0.4) is 0 Å². The molecule has 0 bridgehead atoms. The van der Waals surface area contributed by atoms with Crippen molar-refractivity contribution in [3.63, 3.8) is 0 Å². The Kier molecular flexibility index (Phi) is 12.4. The standard InChI is InChI=1S/C23H34N4O8/c1-3-13(2)19(24)22(33)27-17(12-28)21(32)25-15(9-10-18(29)30)20(31)26-16(23(34)35)11-14-7-5-4-6-8-14/h4-8,13,15-17,19,28H,3,9-12,24H2,1-2H3,(H,25,32)(H,26,31)(H,27,33)(H,29,30)(H,34,35). The highest BCUT2D eigenvalue weighted by Gasteiger charge is 2.31. The summed E-state index contributed by atoms with van der Waals surface area (Å²) >= 11 is 0. The molecule has 0 aliphatic carbocycles. The third-order valence-corrected chi connectivity index (χ3v) is 5.55. The first-order chi connectivity index (χ1) is 16.5. The molecule has 0 saturated heterocycles. The summed E-state index contributed by atoms with van der Waals surface area (Å²) in [7, 11) is 0. The van der Waals surface area contributed by atoms with Gasteiger partial charge in [0.05, 0.1) is 12.6 Å². The van der Waals surface area contributed by atoms with Gasteiger partial charge in [0.2, 0.25) is 17.7 Å². The second-order valence-electron chi connectivity index (χ2n) is 8.24. The number of amides is 3. The highest BCUT2D eigenvalue weighted by atomic mass is 16.4. The molecule has 1 aromatic carbocycles. The molecule has 194 valence electrons. The minimum absolute atomic E-state index is 0.0374. The number of benzene rings is 1. The molecule has 0 saturated carbocycles. The fourth-order valence-corrected chi connectivity index (χ4v) is 3.11. The summed E-state index contributed by atoms with van der Waals surface area (Å²) in [4.78, 5) is 60.5. The number of hydrogen-bond donors (Lipinski definition) is 7. The molecule has 12 heteroatoms. The minimum atomic E-state index is -1.45. The molecule has 0 aliphatic heterocycles. The Morgan fingerprint density at radius 2 is 1.43 bits per heavy atom. The van der Waals surface area contributed by atoms with Gasteiger partial charge in [-0.15, -0.1) is 0 Å². The molecule has 35 heavy (non-hydrogen) atoms. The predicted octanol–water partition coefficient (Wildman–Crippen LogP) is -1.00. The van der Waals surface area contributed by atoms with Gasteiger partial charge in [-0.05, 0) is 17.9 Å². The quantitative estimate of drug-likeness (QED) is 0.159. The van der Waals surface area contributed by atoms with E-state index in [1.54, 1.807) is 37.3 Å². The van der Waals surface area contributed by atoms with Crippen molar-refractivity contribution in [1.82, 2.24) is 16.0 Å². The maximum atomic E-state index is 12.8. The number of hydrogen-bond acceptors (Lipinski definition) is 7. The van der Waals surface area contributed by atoms with E-state index in [0.717, 1.165) is 0 Å². The summed E-state index contributed by atoms with van der Waals surface area (Å²) in [5.41, 5.74) is 6.49. The zero-order valence-electron chi connectivity index (χ0n) is 19.8. The summed E-state index contributed by atoms with van der Waals surface area (Å²) in [5, 5.41) is 35.0. The normalized spacial score (nSPS) is 15.1. The largest absolute Gasteiger partial charge is 0.481 e. The molecule has 0 aliphatic rings. The van der Waals surface area contributed by atoms with Crippen LogP contribution in [-0.2, 0) is 30.4 Å². The lowest BCUT2D eigenvalue weighted by molar-refractivity contribution is -0.143. The van der Waals surface area contributed by atoms with E-state index in [-0.39, 0.29) is 18.8 Å². The van der Waals surface area contributed by atoms with Gasteiger partial charge in [-0.3, -0.25) is 19.2 Å². The SMILES string of the molecule is CCC(C)C(N)C(=O)NC(CO)C(=O)NC(CCC(=O)O)C(=O)NC(Cc1ccccc1)C(=O)O. The Bertz CT molecular complexity index is 880. The molecule has 1 aromatic rings. The Balaban J connectivity index is 2.94. The Morgan fingerprint density at radius 3 is 1.94 bits per heavy atom. The number of nitrogens with two attached hydrogens (primary N) is 1. The van der Waals surface area contributed by atoms with Crippen LogP contribution in [0.2, 0.25) is 0 Å². The third-order valence-electron chi connectivity index (χ3n) is 5.55. The maximum Gasteiger partial charge on any atom is 0.326 e. The molecule has 8 N–H and O–H groups in total. The molecule has 0 fully saturated rings. The van der Waals surface area contributed by atoms with Crippen LogP contribution in [0, 0.1) is 5.92 Å². The molecular formula is C23H34N4O8. The number of aliphatic hydroxyl groups is 1. The second kappa shape index (κ2) is 14.7. The van der Waals surface area contributed by atoms with Crippen molar-refractivity contribution in [2.45, 2.75) is 63.7 Å². The van der Waals surface area contributed by atoms with Gasteiger partial charge in [-0.25, -0.2) is 4.79 Å². The minimum Gasteiger partial charge on any atom is -0.481 e. The van der Waals surface area contributed by atoms with Gasteiger partial charge >= 0.3 is 11.9 Å². The molecule has 1 rings (SSSR count). The average Bonchev–Trinajstić information content (AvgIpc) is 2.83. The third kappa shape index (κ3) is 10.1. The fourth-order valence-electron chi connectivity index (χ4n) is 3.11. The van der Waals surface area contributed by atoms with Crippen molar-refractivity contribution < 1.29 is 39.3 Å². The highest BCUT2D eigenvalue weighted by Crippen LogP contribution is 2.07. The molecule has 12 nitrogen and oxygen atoms in total. The molecule has 5 atom stereocenters. The molecule has 0 radical (unpaired) electrons. The first-order valence-corrected chi connectivity index (χ1v) is 11.3. The van der Waals surface area contributed by atoms with Crippen molar-refractivity contribution in [3.05, 3.63) is 35.9 Å². The van der Waals surface area contributed by atoms with Crippen LogP contribution >= 0.6 is 0 Å². The molecule has 0 aromatic heterocycles. The van der Waals surface area contributed by atoms with Crippen molar-refractivity contribution in [2.24, 2.45) is 11.7 Å². The lowest BCUT2D eigenvalue weighted by atomic mass is 9.99. The summed E-state index contributed by atoms with van der Waals surface area (Å²) in [6.45, 7) is 2.78. The van der Waals surface area contributed by atoms with Crippen LogP contribution in [0.1, 0.15) is 38.7 Å². The zero-order valence-corrected chi connectivity index (χ0v) is 19.8. The van der Waals surface area contributed by atoms with Crippen molar-refractivity contribution in [1.29, 1.82) is 0 Å².